The smallest absolute Gasteiger partial charge is 0.306 e. The van der Waals surface area contributed by atoms with E-state index in [-0.39, 0.29) is 18.5 Å². The molecule has 14 heavy (non-hydrogen) atoms. The number of thiophene rings is 1. The molecule has 78 valence electrons. The summed E-state index contributed by atoms with van der Waals surface area (Å²) in [7, 11) is 1.38. The van der Waals surface area contributed by atoms with Gasteiger partial charge in [-0.05, 0) is 17.9 Å². The van der Waals surface area contributed by atoms with Gasteiger partial charge in [0, 0.05) is 17.4 Å². The molecule has 3 nitrogen and oxygen atoms in total. The zero-order valence-electron chi connectivity index (χ0n) is 8.10. The molecular formula is C10H14O3S. The molecule has 0 bridgehead atoms. The SMILES string of the molecule is COC(=O)CC(CCO)c1cccs1. The van der Waals surface area contributed by atoms with Crippen LogP contribution in [0.2, 0.25) is 0 Å². The topological polar surface area (TPSA) is 46.5 Å². The van der Waals surface area contributed by atoms with Gasteiger partial charge in [-0.15, -0.1) is 11.3 Å². The highest BCUT2D eigenvalue weighted by Gasteiger charge is 2.16. The van der Waals surface area contributed by atoms with E-state index >= 15 is 0 Å². The van der Waals surface area contributed by atoms with Crippen molar-refractivity contribution < 1.29 is 14.6 Å². The number of esters is 1. The van der Waals surface area contributed by atoms with Crippen LogP contribution >= 0.6 is 11.3 Å². The molecule has 1 aromatic heterocycles. The van der Waals surface area contributed by atoms with E-state index in [0.29, 0.717) is 12.8 Å². The van der Waals surface area contributed by atoms with Crippen LogP contribution in [0, 0.1) is 0 Å². The number of hydrogen-bond acceptors (Lipinski definition) is 4. The largest absolute Gasteiger partial charge is 0.469 e. The molecule has 1 atom stereocenters. The quantitative estimate of drug-likeness (QED) is 0.760. The van der Waals surface area contributed by atoms with Gasteiger partial charge >= 0.3 is 5.97 Å². The molecule has 0 saturated heterocycles. The summed E-state index contributed by atoms with van der Waals surface area (Å²) in [6, 6.07) is 3.93. The Morgan fingerprint density at radius 3 is 3.00 bits per heavy atom. The van der Waals surface area contributed by atoms with Crippen LogP contribution in [0.3, 0.4) is 0 Å². The molecule has 0 radical (unpaired) electrons. The van der Waals surface area contributed by atoms with Crippen LogP contribution in [0.15, 0.2) is 17.5 Å². The van der Waals surface area contributed by atoms with Gasteiger partial charge in [-0.3, -0.25) is 4.79 Å². The van der Waals surface area contributed by atoms with Gasteiger partial charge in [0.05, 0.1) is 13.5 Å². The number of aliphatic hydroxyl groups excluding tert-OH is 1. The molecule has 0 fully saturated rings. The number of rotatable bonds is 5. The van der Waals surface area contributed by atoms with Gasteiger partial charge in [0.1, 0.15) is 0 Å². The van der Waals surface area contributed by atoms with E-state index in [1.807, 2.05) is 17.5 Å². The lowest BCUT2D eigenvalue weighted by Crippen LogP contribution is -2.09. The van der Waals surface area contributed by atoms with Crippen LogP contribution in [0.25, 0.3) is 0 Å². The summed E-state index contributed by atoms with van der Waals surface area (Å²) < 4.78 is 4.61. The van der Waals surface area contributed by atoms with E-state index in [2.05, 4.69) is 4.74 Å². The van der Waals surface area contributed by atoms with Crippen LogP contribution < -0.4 is 0 Å². The maximum Gasteiger partial charge on any atom is 0.306 e. The fraction of sp³-hybridized carbons (Fsp3) is 0.500. The minimum atomic E-state index is -0.225. The van der Waals surface area contributed by atoms with Crippen LogP contribution in [-0.4, -0.2) is 24.8 Å². The van der Waals surface area contributed by atoms with Crippen LogP contribution in [0.4, 0.5) is 0 Å². The number of methoxy groups -OCH3 is 1. The van der Waals surface area contributed by atoms with Crippen molar-refractivity contribution in [2.75, 3.05) is 13.7 Å². The Hall–Kier alpha value is -0.870. The first-order valence-electron chi connectivity index (χ1n) is 4.49. The third-order valence-corrected chi connectivity index (χ3v) is 3.10. The number of carbonyl (C=O) groups is 1. The van der Waals surface area contributed by atoms with E-state index in [4.69, 9.17) is 5.11 Å². The number of ether oxygens (including phenoxy) is 1. The van der Waals surface area contributed by atoms with Crippen LogP contribution in [0.5, 0.6) is 0 Å². The molecular weight excluding hydrogens is 200 g/mol. The molecule has 0 amide bonds. The molecule has 0 spiro atoms. The molecule has 0 aromatic carbocycles. The molecule has 1 aromatic rings. The third kappa shape index (κ3) is 3.12. The monoisotopic (exact) mass is 214 g/mol. The highest BCUT2D eigenvalue weighted by Crippen LogP contribution is 2.27. The Labute approximate surface area is 87.3 Å². The molecule has 1 rings (SSSR count). The highest BCUT2D eigenvalue weighted by molar-refractivity contribution is 7.10. The summed E-state index contributed by atoms with van der Waals surface area (Å²) in [5.41, 5.74) is 0. The zero-order chi connectivity index (χ0) is 10.4. The van der Waals surface area contributed by atoms with Crippen LogP contribution in [0.1, 0.15) is 23.6 Å². The van der Waals surface area contributed by atoms with Crippen molar-refractivity contribution in [1.82, 2.24) is 0 Å². The average molecular weight is 214 g/mol. The summed E-state index contributed by atoms with van der Waals surface area (Å²) in [5.74, 6) is -0.135. The van der Waals surface area contributed by atoms with E-state index in [1.165, 1.54) is 7.11 Å². The van der Waals surface area contributed by atoms with Gasteiger partial charge in [-0.2, -0.15) is 0 Å². The second-order valence-corrected chi connectivity index (χ2v) is 3.98. The van der Waals surface area contributed by atoms with Gasteiger partial charge in [0.2, 0.25) is 0 Å². The second-order valence-electron chi connectivity index (χ2n) is 3.00. The molecule has 0 aliphatic heterocycles. The third-order valence-electron chi connectivity index (χ3n) is 2.06. The van der Waals surface area contributed by atoms with Gasteiger partial charge in [0.25, 0.3) is 0 Å². The first-order chi connectivity index (χ1) is 6.77. The molecule has 4 heteroatoms. The first kappa shape index (κ1) is 11.2. The molecule has 0 aliphatic carbocycles. The number of carbonyl (C=O) groups excluding carboxylic acids is 1. The minimum Gasteiger partial charge on any atom is -0.469 e. The summed E-state index contributed by atoms with van der Waals surface area (Å²) in [6.45, 7) is 0.0968. The maximum absolute atomic E-state index is 11.1. The van der Waals surface area contributed by atoms with E-state index < -0.39 is 0 Å². The maximum atomic E-state index is 11.1. The van der Waals surface area contributed by atoms with Crippen molar-refractivity contribution in [2.24, 2.45) is 0 Å². The Bertz CT molecular complexity index is 269. The Morgan fingerprint density at radius 1 is 1.71 bits per heavy atom. The highest BCUT2D eigenvalue weighted by atomic mass is 32.1. The summed E-state index contributed by atoms with van der Waals surface area (Å²) in [5, 5.41) is 10.8. The van der Waals surface area contributed by atoms with Crippen molar-refractivity contribution >= 4 is 17.3 Å². The lowest BCUT2D eigenvalue weighted by molar-refractivity contribution is -0.141. The molecule has 0 saturated carbocycles. The van der Waals surface area contributed by atoms with Crippen molar-refractivity contribution in [3.63, 3.8) is 0 Å². The zero-order valence-corrected chi connectivity index (χ0v) is 8.92. The van der Waals surface area contributed by atoms with Crippen LogP contribution in [-0.2, 0) is 9.53 Å². The fourth-order valence-electron chi connectivity index (χ4n) is 1.31. The molecule has 1 N–H and O–H groups in total. The van der Waals surface area contributed by atoms with E-state index in [1.54, 1.807) is 11.3 Å². The normalized spacial score (nSPS) is 12.4. The van der Waals surface area contributed by atoms with Crippen molar-refractivity contribution in [3.05, 3.63) is 22.4 Å². The van der Waals surface area contributed by atoms with Gasteiger partial charge < -0.3 is 9.84 Å². The first-order valence-corrected chi connectivity index (χ1v) is 5.37. The fourth-order valence-corrected chi connectivity index (χ4v) is 2.17. The Balaban J connectivity index is 2.60. The predicted molar refractivity (Wildman–Crippen MR) is 55.4 cm³/mol. The Morgan fingerprint density at radius 2 is 2.50 bits per heavy atom. The second kappa shape index (κ2) is 5.78. The standard InChI is InChI=1S/C10H14O3S/c1-13-10(12)7-8(4-5-11)9-3-2-6-14-9/h2-3,6,8,11H,4-5,7H2,1H3. The van der Waals surface area contributed by atoms with Gasteiger partial charge in [0.15, 0.2) is 0 Å². The van der Waals surface area contributed by atoms with E-state index in [0.717, 1.165) is 4.88 Å². The summed E-state index contributed by atoms with van der Waals surface area (Å²) >= 11 is 1.60. The summed E-state index contributed by atoms with van der Waals surface area (Å²) in [6.07, 6.45) is 0.952. The van der Waals surface area contributed by atoms with E-state index in [9.17, 15) is 4.79 Å². The summed E-state index contributed by atoms with van der Waals surface area (Å²) in [4.78, 5) is 12.2. The lowest BCUT2D eigenvalue weighted by Gasteiger charge is -2.11. The Kier molecular flexibility index (Phi) is 4.62. The van der Waals surface area contributed by atoms with Crippen molar-refractivity contribution in [3.8, 4) is 0 Å². The van der Waals surface area contributed by atoms with Gasteiger partial charge in [-0.25, -0.2) is 0 Å². The van der Waals surface area contributed by atoms with Crippen molar-refractivity contribution in [1.29, 1.82) is 0 Å². The molecule has 1 unspecified atom stereocenters. The predicted octanol–water partition coefficient (Wildman–Crippen LogP) is 1.78. The molecule has 1 heterocycles. The van der Waals surface area contributed by atoms with Crippen molar-refractivity contribution in [2.45, 2.75) is 18.8 Å². The average Bonchev–Trinajstić information content (AvgIpc) is 2.69. The lowest BCUT2D eigenvalue weighted by atomic mass is 10.0. The number of aliphatic hydroxyl groups is 1. The molecule has 0 aliphatic rings. The van der Waals surface area contributed by atoms with Gasteiger partial charge in [-0.1, -0.05) is 6.07 Å². The minimum absolute atomic E-state index is 0.0902. The number of hydrogen-bond donors (Lipinski definition) is 1.